The molecule has 1 N–H and O–H groups in total. The summed E-state index contributed by atoms with van der Waals surface area (Å²) < 4.78 is 5.45. The Hall–Kier alpha value is -2.74. The highest BCUT2D eigenvalue weighted by molar-refractivity contribution is 6.33. The maximum Gasteiger partial charge on any atom is 0.241 e. The molecule has 1 aromatic heterocycles. The summed E-state index contributed by atoms with van der Waals surface area (Å²) in [6, 6.07) is 16.1. The summed E-state index contributed by atoms with van der Waals surface area (Å²) in [6.45, 7) is 6.19. The fourth-order valence-corrected chi connectivity index (χ4v) is 5.38. The number of hydrogen-bond acceptors (Lipinski definition) is 6. The number of hydrogen-bond donors (Lipinski definition) is 1. The summed E-state index contributed by atoms with van der Waals surface area (Å²) in [6.07, 6.45) is 5.60. The Morgan fingerprint density at radius 3 is 2.50 bits per heavy atom. The van der Waals surface area contributed by atoms with Crippen molar-refractivity contribution >= 4 is 17.5 Å². The van der Waals surface area contributed by atoms with Gasteiger partial charge in [-0.25, -0.2) is 0 Å². The van der Waals surface area contributed by atoms with Gasteiger partial charge in [0.1, 0.15) is 0 Å². The van der Waals surface area contributed by atoms with Crippen LogP contribution in [-0.2, 0) is 24.4 Å². The summed E-state index contributed by atoms with van der Waals surface area (Å²) in [7, 11) is 0. The monoisotopic (exact) mass is 507 g/mol. The van der Waals surface area contributed by atoms with Gasteiger partial charge in [-0.05, 0) is 75.1 Å². The summed E-state index contributed by atoms with van der Waals surface area (Å²) in [5, 5.41) is 7.85. The molecule has 2 aromatic carbocycles. The summed E-state index contributed by atoms with van der Waals surface area (Å²) in [4.78, 5) is 22.1. The number of nitrogens with one attached hydrogen (secondary N) is 1. The second kappa shape index (κ2) is 12.0. The van der Waals surface area contributed by atoms with Gasteiger partial charge in [-0.15, -0.1) is 0 Å². The van der Waals surface area contributed by atoms with Gasteiger partial charge in [-0.3, -0.25) is 14.6 Å². The Balaban J connectivity index is 1.06. The standard InChI is InChI=1S/C28H34ClN5O2/c29-25-10-3-2-9-24(25)27-31-26(36-32-27)20-34-15-11-23(12-16-34)28(35)30-18-21-7-6-8-22(17-21)19-33-13-4-1-5-14-33/h2-3,6-10,17,23H,1,4-5,11-16,18-20H2,(H,30,35). The SMILES string of the molecule is O=C(NCc1cccc(CN2CCCCC2)c1)C1CCN(Cc2nc(-c3ccccc3Cl)no2)CC1. The molecular weight excluding hydrogens is 474 g/mol. The van der Waals surface area contributed by atoms with Gasteiger partial charge in [-0.1, -0.05) is 59.6 Å². The van der Waals surface area contributed by atoms with Gasteiger partial charge in [-0.2, -0.15) is 4.98 Å². The lowest BCUT2D eigenvalue weighted by atomic mass is 9.96. The normalized spacial score (nSPS) is 17.8. The molecule has 3 heterocycles. The number of halogens is 1. The van der Waals surface area contributed by atoms with E-state index < -0.39 is 0 Å². The summed E-state index contributed by atoms with van der Waals surface area (Å²) in [5.41, 5.74) is 3.26. The number of rotatable bonds is 8. The van der Waals surface area contributed by atoms with E-state index in [1.54, 1.807) is 0 Å². The Kier molecular flexibility index (Phi) is 8.31. The molecule has 8 heteroatoms. The average molecular weight is 508 g/mol. The van der Waals surface area contributed by atoms with Crippen LogP contribution in [0, 0.1) is 5.92 Å². The third kappa shape index (κ3) is 6.52. The Morgan fingerprint density at radius 1 is 0.944 bits per heavy atom. The topological polar surface area (TPSA) is 74.5 Å². The fourth-order valence-electron chi connectivity index (χ4n) is 5.16. The molecule has 2 aliphatic heterocycles. The van der Waals surface area contributed by atoms with E-state index in [-0.39, 0.29) is 11.8 Å². The van der Waals surface area contributed by atoms with Gasteiger partial charge in [0, 0.05) is 24.6 Å². The summed E-state index contributed by atoms with van der Waals surface area (Å²) >= 11 is 6.25. The number of aromatic nitrogens is 2. The molecule has 2 fully saturated rings. The minimum atomic E-state index is 0.0409. The average Bonchev–Trinajstić information content (AvgIpc) is 3.37. The first-order chi connectivity index (χ1) is 17.6. The van der Waals surface area contributed by atoms with E-state index in [0.717, 1.165) is 38.0 Å². The molecule has 1 amide bonds. The van der Waals surface area contributed by atoms with Gasteiger partial charge in [0.15, 0.2) is 0 Å². The highest BCUT2D eigenvalue weighted by Gasteiger charge is 2.26. The van der Waals surface area contributed by atoms with Gasteiger partial charge in [0.25, 0.3) is 0 Å². The molecule has 0 aliphatic carbocycles. The number of nitrogens with zero attached hydrogens (tertiary/aromatic N) is 4. The van der Waals surface area contributed by atoms with Crippen LogP contribution in [0.25, 0.3) is 11.4 Å². The van der Waals surface area contributed by atoms with E-state index in [0.29, 0.717) is 29.8 Å². The molecule has 2 aliphatic rings. The lowest BCUT2D eigenvalue weighted by Gasteiger charge is -2.30. The zero-order chi connectivity index (χ0) is 24.7. The van der Waals surface area contributed by atoms with E-state index in [9.17, 15) is 4.79 Å². The quantitative estimate of drug-likeness (QED) is 0.467. The van der Waals surface area contributed by atoms with Crippen LogP contribution >= 0.6 is 11.6 Å². The van der Waals surface area contributed by atoms with Crippen LogP contribution in [0.3, 0.4) is 0 Å². The van der Waals surface area contributed by atoms with Gasteiger partial charge >= 0.3 is 0 Å². The van der Waals surface area contributed by atoms with Crippen molar-refractivity contribution in [1.29, 1.82) is 0 Å². The van der Waals surface area contributed by atoms with Crippen molar-refractivity contribution in [2.24, 2.45) is 5.92 Å². The smallest absolute Gasteiger partial charge is 0.241 e. The maximum atomic E-state index is 12.8. The first kappa shape index (κ1) is 24.9. The molecule has 5 rings (SSSR count). The second-order valence-electron chi connectivity index (χ2n) is 9.92. The van der Waals surface area contributed by atoms with Crippen molar-refractivity contribution < 1.29 is 9.32 Å². The maximum absolute atomic E-state index is 12.8. The van der Waals surface area contributed by atoms with Crippen molar-refractivity contribution in [3.8, 4) is 11.4 Å². The minimum absolute atomic E-state index is 0.0409. The van der Waals surface area contributed by atoms with Crippen molar-refractivity contribution in [3.05, 3.63) is 70.6 Å². The fraction of sp³-hybridized carbons (Fsp3) is 0.464. The highest BCUT2D eigenvalue weighted by Crippen LogP contribution is 2.26. The van der Waals surface area contributed by atoms with Crippen molar-refractivity contribution in [2.45, 2.75) is 51.7 Å². The molecule has 3 aromatic rings. The molecule has 0 unspecified atom stereocenters. The minimum Gasteiger partial charge on any atom is -0.352 e. The molecule has 0 atom stereocenters. The lowest BCUT2D eigenvalue weighted by Crippen LogP contribution is -2.40. The van der Waals surface area contributed by atoms with E-state index in [1.165, 1.54) is 43.5 Å². The number of amides is 1. The largest absolute Gasteiger partial charge is 0.352 e. The Morgan fingerprint density at radius 2 is 1.69 bits per heavy atom. The molecule has 36 heavy (non-hydrogen) atoms. The zero-order valence-corrected chi connectivity index (χ0v) is 21.4. The van der Waals surface area contributed by atoms with Crippen LogP contribution in [0.1, 0.15) is 49.1 Å². The number of carbonyl (C=O) groups excluding carboxylic acids is 1. The van der Waals surface area contributed by atoms with Crippen LogP contribution in [0.4, 0.5) is 0 Å². The lowest BCUT2D eigenvalue weighted by molar-refractivity contribution is -0.126. The van der Waals surface area contributed by atoms with Crippen LogP contribution in [0.15, 0.2) is 53.1 Å². The first-order valence-corrected chi connectivity index (χ1v) is 13.4. The van der Waals surface area contributed by atoms with Gasteiger partial charge in [0.05, 0.1) is 11.6 Å². The Bertz CT molecular complexity index is 1150. The highest BCUT2D eigenvalue weighted by atomic mass is 35.5. The van der Waals surface area contributed by atoms with Crippen molar-refractivity contribution in [3.63, 3.8) is 0 Å². The number of piperidine rings is 2. The van der Waals surface area contributed by atoms with Crippen LogP contribution in [0.5, 0.6) is 0 Å². The third-order valence-electron chi connectivity index (χ3n) is 7.21. The van der Waals surface area contributed by atoms with E-state index >= 15 is 0 Å². The van der Waals surface area contributed by atoms with E-state index in [2.05, 4.69) is 49.5 Å². The number of benzene rings is 2. The van der Waals surface area contributed by atoms with Crippen molar-refractivity contribution in [2.75, 3.05) is 26.2 Å². The number of carbonyl (C=O) groups is 1. The molecule has 7 nitrogen and oxygen atoms in total. The van der Waals surface area contributed by atoms with Crippen LogP contribution in [-0.4, -0.2) is 52.0 Å². The molecule has 2 saturated heterocycles. The van der Waals surface area contributed by atoms with Gasteiger partial charge in [0.2, 0.25) is 17.6 Å². The zero-order valence-electron chi connectivity index (χ0n) is 20.7. The molecule has 190 valence electrons. The molecule has 0 spiro atoms. The van der Waals surface area contributed by atoms with Gasteiger partial charge < -0.3 is 9.84 Å². The molecule has 0 bridgehead atoms. The van der Waals surface area contributed by atoms with Crippen LogP contribution < -0.4 is 5.32 Å². The summed E-state index contributed by atoms with van der Waals surface area (Å²) in [5.74, 6) is 1.26. The predicted octanol–water partition coefficient (Wildman–Crippen LogP) is 4.90. The van der Waals surface area contributed by atoms with Crippen molar-refractivity contribution in [1.82, 2.24) is 25.3 Å². The van der Waals surface area contributed by atoms with Crippen LogP contribution in [0.2, 0.25) is 5.02 Å². The third-order valence-corrected chi connectivity index (χ3v) is 7.54. The molecule has 0 radical (unpaired) electrons. The van der Waals surface area contributed by atoms with E-state index in [1.807, 2.05) is 24.3 Å². The Labute approximate surface area is 217 Å². The second-order valence-corrected chi connectivity index (χ2v) is 10.3. The molecule has 0 saturated carbocycles. The first-order valence-electron chi connectivity index (χ1n) is 13.0. The predicted molar refractivity (Wildman–Crippen MR) is 140 cm³/mol. The molecular formula is C28H34ClN5O2. The van der Waals surface area contributed by atoms with E-state index in [4.69, 9.17) is 16.1 Å². The number of likely N-dealkylation sites (tertiary alicyclic amines) is 2.